The number of aliphatic imine (C=N–C) groups is 1. The van der Waals surface area contributed by atoms with Gasteiger partial charge in [0.25, 0.3) is 5.91 Å². The van der Waals surface area contributed by atoms with E-state index in [1.54, 1.807) is 24.3 Å². The average Bonchev–Trinajstić information content (AvgIpc) is 2.80. The van der Waals surface area contributed by atoms with Crippen molar-refractivity contribution in [2.75, 3.05) is 7.05 Å². The van der Waals surface area contributed by atoms with E-state index in [1.807, 2.05) is 36.4 Å². The maximum absolute atomic E-state index is 12.4. The van der Waals surface area contributed by atoms with Gasteiger partial charge in [0.05, 0.1) is 10.6 Å². The molecule has 1 aliphatic heterocycles. The van der Waals surface area contributed by atoms with Gasteiger partial charge < -0.3 is 0 Å². The summed E-state index contributed by atoms with van der Waals surface area (Å²) in [7, 11) is 1.75. The lowest BCUT2D eigenvalue weighted by Crippen LogP contribution is -2.23. The number of nitrogens with zero attached hydrogens (tertiary/aromatic N) is 3. The van der Waals surface area contributed by atoms with E-state index in [1.165, 1.54) is 22.9 Å². The van der Waals surface area contributed by atoms with Crippen molar-refractivity contribution in [1.29, 1.82) is 0 Å². The molecule has 0 aliphatic carbocycles. The minimum absolute atomic E-state index is 0.0330. The van der Waals surface area contributed by atoms with Crippen LogP contribution in [-0.2, 0) is 4.79 Å². The van der Waals surface area contributed by atoms with Crippen molar-refractivity contribution < 1.29 is 4.79 Å². The molecule has 1 aliphatic rings. The summed E-state index contributed by atoms with van der Waals surface area (Å²) in [5.41, 5.74) is 4.24. The second-order valence-corrected chi connectivity index (χ2v) is 6.43. The third-order valence-corrected chi connectivity index (χ3v) is 4.78. The second-order valence-electron chi connectivity index (χ2n) is 5.42. The number of rotatable bonds is 2. The summed E-state index contributed by atoms with van der Waals surface area (Å²) in [5.74, 6) is -0.0330. The van der Waals surface area contributed by atoms with Crippen LogP contribution in [0.25, 0.3) is 6.08 Å². The van der Waals surface area contributed by atoms with E-state index in [9.17, 15) is 4.79 Å². The number of amides is 1. The van der Waals surface area contributed by atoms with Crippen molar-refractivity contribution in [3.05, 3.63) is 64.3 Å². The Morgan fingerprint density at radius 1 is 1.13 bits per heavy atom. The number of thioether (sulfide) groups is 1. The molecule has 0 unspecified atom stereocenters. The highest BCUT2D eigenvalue weighted by Gasteiger charge is 2.30. The normalized spacial score (nSPS) is 18.2. The van der Waals surface area contributed by atoms with E-state index in [4.69, 9.17) is 0 Å². The van der Waals surface area contributed by atoms with Crippen LogP contribution in [0.4, 0.5) is 5.69 Å². The molecule has 1 aromatic heterocycles. The van der Waals surface area contributed by atoms with Crippen molar-refractivity contribution in [3.63, 3.8) is 0 Å². The molecule has 1 amide bonds. The molecule has 2 aromatic rings. The highest BCUT2D eigenvalue weighted by atomic mass is 32.2. The summed E-state index contributed by atoms with van der Waals surface area (Å²) in [6, 6.07) is 9.80. The number of likely N-dealkylation sites (N-methyl/N-ethyl adjacent to an activating group) is 1. The van der Waals surface area contributed by atoms with Crippen LogP contribution in [0.3, 0.4) is 0 Å². The lowest BCUT2D eigenvalue weighted by atomic mass is 10.1. The molecule has 1 aromatic carbocycles. The maximum atomic E-state index is 12.4. The summed E-state index contributed by atoms with van der Waals surface area (Å²) in [6.07, 6.45) is 5.29. The van der Waals surface area contributed by atoms with Gasteiger partial charge in [-0.25, -0.2) is 4.99 Å². The predicted molar refractivity (Wildman–Crippen MR) is 95.6 cm³/mol. The largest absolute Gasteiger partial charge is 0.290 e. The number of aromatic nitrogens is 1. The Morgan fingerprint density at radius 2 is 1.87 bits per heavy atom. The predicted octanol–water partition coefficient (Wildman–Crippen LogP) is 3.93. The summed E-state index contributed by atoms with van der Waals surface area (Å²) < 4.78 is 0. The Balaban J connectivity index is 1.90. The van der Waals surface area contributed by atoms with Crippen LogP contribution in [0.1, 0.15) is 16.7 Å². The van der Waals surface area contributed by atoms with Crippen LogP contribution in [0.2, 0.25) is 0 Å². The van der Waals surface area contributed by atoms with E-state index in [0.29, 0.717) is 10.1 Å². The molecular weight excluding hydrogens is 306 g/mol. The van der Waals surface area contributed by atoms with Gasteiger partial charge in [0.15, 0.2) is 5.17 Å². The molecule has 116 valence electrons. The molecule has 0 bridgehead atoms. The highest BCUT2D eigenvalue weighted by molar-refractivity contribution is 8.18. The molecule has 1 fully saturated rings. The van der Waals surface area contributed by atoms with Crippen molar-refractivity contribution in [2.24, 2.45) is 4.99 Å². The van der Waals surface area contributed by atoms with Gasteiger partial charge in [-0.1, -0.05) is 6.07 Å². The van der Waals surface area contributed by atoms with Gasteiger partial charge in [0, 0.05) is 19.4 Å². The van der Waals surface area contributed by atoms with Gasteiger partial charge in [0.1, 0.15) is 0 Å². The van der Waals surface area contributed by atoms with Crippen molar-refractivity contribution in [2.45, 2.75) is 13.8 Å². The summed E-state index contributed by atoms with van der Waals surface area (Å²) >= 11 is 1.39. The minimum atomic E-state index is -0.0330. The zero-order valence-electron chi connectivity index (χ0n) is 13.3. The number of aryl methyl sites for hydroxylation is 2. The molecule has 5 heteroatoms. The number of carbonyl (C=O) groups excluding carboxylic acids is 1. The SMILES string of the molecule is Cc1ccc(N=C2S/C(=C\c3ccncc3)C(=O)N2C)cc1C. The van der Waals surface area contributed by atoms with Crippen LogP contribution in [0, 0.1) is 13.8 Å². The number of hydrogen-bond donors (Lipinski definition) is 0. The fraction of sp³-hybridized carbons (Fsp3) is 0.167. The van der Waals surface area contributed by atoms with Gasteiger partial charge in [0.2, 0.25) is 0 Å². The lowest BCUT2D eigenvalue weighted by Gasteiger charge is -2.08. The molecule has 1 saturated heterocycles. The molecule has 0 atom stereocenters. The molecule has 0 saturated carbocycles. The first kappa shape index (κ1) is 15.5. The molecule has 2 heterocycles. The third-order valence-electron chi connectivity index (χ3n) is 3.72. The van der Waals surface area contributed by atoms with Gasteiger partial charge in [-0.2, -0.15) is 0 Å². The molecule has 23 heavy (non-hydrogen) atoms. The molecule has 0 spiro atoms. The van der Waals surface area contributed by atoms with Gasteiger partial charge in [-0.05, 0) is 72.6 Å². The summed E-state index contributed by atoms with van der Waals surface area (Å²) in [6.45, 7) is 4.13. The van der Waals surface area contributed by atoms with E-state index >= 15 is 0 Å². The van der Waals surface area contributed by atoms with Crippen LogP contribution < -0.4 is 0 Å². The zero-order chi connectivity index (χ0) is 16.4. The van der Waals surface area contributed by atoms with Crippen molar-refractivity contribution in [1.82, 2.24) is 9.88 Å². The monoisotopic (exact) mass is 323 g/mol. The molecule has 0 N–H and O–H groups in total. The Morgan fingerprint density at radius 3 is 2.57 bits per heavy atom. The number of carbonyl (C=O) groups is 1. The molecule has 4 nitrogen and oxygen atoms in total. The van der Waals surface area contributed by atoms with Crippen LogP contribution >= 0.6 is 11.8 Å². The lowest BCUT2D eigenvalue weighted by molar-refractivity contribution is -0.121. The topological polar surface area (TPSA) is 45.6 Å². The van der Waals surface area contributed by atoms with Gasteiger partial charge >= 0.3 is 0 Å². The third kappa shape index (κ3) is 3.35. The fourth-order valence-electron chi connectivity index (χ4n) is 2.17. The molecule has 3 rings (SSSR count). The Kier molecular flexibility index (Phi) is 4.30. The molecule has 0 radical (unpaired) electrons. The van der Waals surface area contributed by atoms with Crippen LogP contribution in [-0.4, -0.2) is 28.0 Å². The molecular formula is C18H17N3OS. The van der Waals surface area contributed by atoms with Gasteiger partial charge in [-0.3, -0.25) is 14.7 Å². The number of pyridine rings is 1. The summed E-state index contributed by atoms with van der Waals surface area (Å²) in [5, 5.41) is 0.693. The Labute approximate surface area is 140 Å². The van der Waals surface area contributed by atoms with E-state index < -0.39 is 0 Å². The van der Waals surface area contributed by atoms with Gasteiger partial charge in [-0.15, -0.1) is 0 Å². The number of benzene rings is 1. The average molecular weight is 323 g/mol. The first-order valence-corrected chi connectivity index (χ1v) is 8.10. The maximum Gasteiger partial charge on any atom is 0.266 e. The number of hydrogen-bond acceptors (Lipinski definition) is 4. The smallest absolute Gasteiger partial charge is 0.266 e. The standard InChI is InChI=1S/C18H17N3OS/c1-12-4-5-15(10-13(12)2)20-18-21(3)17(22)16(23-18)11-14-6-8-19-9-7-14/h4-11H,1-3H3/b16-11-,20-18?. The number of amidine groups is 1. The van der Waals surface area contributed by atoms with E-state index in [-0.39, 0.29) is 5.91 Å². The first-order chi connectivity index (χ1) is 11.0. The quantitative estimate of drug-likeness (QED) is 0.787. The first-order valence-electron chi connectivity index (χ1n) is 7.28. The minimum Gasteiger partial charge on any atom is -0.290 e. The second kappa shape index (κ2) is 6.38. The zero-order valence-corrected chi connectivity index (χ0v) is 14.1. The van der Waals surface area contributed by atoms with E-state index in [2.05, 4.69) is 23.8 Å². The Hall–Kier alpha value is -2.40. The van der Waals surface area contributed by atoms with Crippen LogP contribution in [0.5, 0.6) is 0 Å². The fourth-order valence-corrected chi connectivity index (χ4v) is 3.16. The van der Waals surface area contributed by atoms with E-state index in [0.717, 1.165) is 11.3 Å². The highest BCUT2D eigenvalue weighted by Crippen LogP contribution is 2.33. The van der Waals surface area contributed by atoms with Crippen LogP contribution in [0.15, 0.2) is 52.6 Å². The summed E-state index contributed by atoms with van der Waals surface area (Å²) in [4.78, 5) is 23.2. The Bertz CT molecular complexity index is 812. The van der Waals surface area contributed by atoms with Crippen molar-refractivity contribution >= 4 is 34.6 Å². The van der Waals surface area contributed by atoms with Crippen molar-refractivity contribution in [3.8, 4) is 0 Å².